The van der Waals surface area contributed by atoms with Gasteiger partial charge in [-0.3, -0.25) is 9.59 Å². The van der Waals surface area contributed by atoms with Crippen LogP contribution in [0.3, 0.4) is 0 Å². The molecule has 4 nitrogen and oxygen atoms in total. The molecule has 1 aromatic heterocycles. The Balaban J connectivity index is 2.13. The van der Waals surface area contributed by atoms with Crippen LogP contribution in [0.5, 0.6) is 0 Å². The summed E-state index contributed by atoms with van der Waals surface area (Å²) >= 11 is 1.55. The lowest BCUT2D eigenvalue weighted by Gasteiger charge is -2.21. The molecule has 1 aliphatic carbocycles. The normalized spacial score (nSPS) is 16.9. The van der Waals surface area contributed by atoms with Gasteiger partial charge in [0, 0.05) is 11.3 Å². The van der Waals surface area contributed by atoms with E-state index in [1.165, 1.54) is 17.7 Å². The van der Waals surface area contributed by atoms with E-state index in [4.69, 9.17) is 5.73 Å². The zero-order chi connectivity index (χ0) is 16.8. The molecule has 0 bridgehead atoms. The van der Waals surface area contributed by atoms with Gasteiger partial charge in [-0.25, -0.2) is 0 Å². The number of rotatable bonds is 8. The second-order valence-corrected chi connectivity index (χ2v) is 7.58. The van der Waals surface area contributed by atoms with Crippen molar-refractivity contribution in [3.63, 3.8) is 0 Å². The fourth-order valence-electron chi connectivity index (χ4n) is 3.38. The van der Waals surface area contributed by atoms with E-state index in [1.54, 1.807) is 11.3 Å². The van der Waals surface area contributed by atoms with Crippen LogP contribution in [0.25, 0.3) is 0 Å². The van der Waals surface area contributed by atoms with E-state index in [1.807, 2.05) is 0 Å². The zero-order valence-corrected chi connectivity index (χ0v) is 15.1. The lowest BCUT2D eigenvalue weighted by Crippen LogP contribution is -2.19. The Hall–Kier alpha value is -1.36. The van der Waals surface area contributed by atoms with Crippen LogP contribution in [0, 0.1) is 5.92 Å². The van der Waals surface area contributed by atoms with Crippen molar-refractivity contribution < 1.29 is 9.59 Å². The van der Waals surface area contributed by atoms with Gasteiger partial charge in [0.25, 0.3) is 5.91 Å². The maximum absolute atomic E-state index is 12.1. The first-order valence-electron chi connectivity index (χ1n) is 8.80. The van der Waals surface area contributed by atoms with Crippen molar-refractivity contribution in [1.82, 2.24) is 0 Å². The Labute approximate surface area is 142 Å². The largest absolute Gasteiger partial charge is 0.365 e. The molecule has 1 aliphatic rings. The molecule has 0 fully saturated rings. The molecule has 0 spiro atoms. The van der Waals surface area contributed by atoms with Crippen molar-refractivity contribution in [2.45, 2.75) is 71.6 Å². The van der Waals surface area contributed by atoms with Crippen LogP contribution in [0.2, 0.25) is 0 Å². The number of fused-ring (bicyclic) bond motifs is 1. The summed E-state index contributed by atoms with van der Waals surface area (Å²) < 4.78 is 0. The van der Waals surface area contributed by atoms with Crippen LogP contribution < -0.4 is 11.1 Å². The van der Waals surface area contributed by atoms with Gasteiger partial charge >= 0.3 is 0 Å². The number of thiophene rings is 1. The highest BCUT2D eigenvalue weighted by Gasteiger charge is 2.28. The number of carbonyl (C=O) groups is 2. The standard InChI is InChI=1S/C18H28N2O2S/c1-3-5-6-8-15(21)20-18-16(17(19)22)13-10-9-12(7-4-2)11-14(13)23-18/h12H,3-11H2,1-2H3,(H2,19,22)(H,20,21). The summed E-state index contributed by atoms with van der Waals surface area (Å²) in [5.74, 6) is 0.268. The minimum Gasteiger partial charge on any atom is -0.365 e. The third-order valence-electron chi connectivity index (χ3n) is 4.57. The first-order valence-corrected chi connectivity index (χ1v) is 9.62. The summed E-state index contributed by atoms with van der Waals surface area (Å²) in [6, 6.07) is 0. The van der Waals surface area contributed by atoms with Gasteiger partial charge in [-0.1, -0.05) is 39.5 Å². The third-order valence-corrected chi connectivity index (χ3v) is 5.74. The topological polar surface area (TPSA) is 72.2 Å². The predicted octanol–water partition coefficient (Wildman–Crippen LogP) is 4.27. The van der Waals surface area contributed by atoms with E-state index < -0.39 is 5.91 Å². The van der Waals surface area contributed by atoms with Crippen LogP contribution in [-0.2, 0) is 17.6 Å². The summed E-state index contributed by atoms with van der Waals surface area (Å²) in [6.45, 7) is 4.32. The average molecular weight is 337 g/mol. The lowest BCUT2D eigenvalue weighted by molar-refractivity contribution is -0.116. The molecular formula is C18H28N2O2S. The highest BCUT2D eigenvalue weighted by Crippen LogP contribution is 2.40. The number of nitrogens with one attached hydrogen (secondary N) is 1. The molecule has 1 heterocycles. The van der Waals surface area contributed by atoms with Crippen LogP contribution in [0.1, 0.15) is 79.6 Å². The first-order chi connectivity index (χ1) is 11.1. The second kappa shape index (κ2) is 8.48. The van der Waals surface area contributed by atoms with E-state index in [0.717, 1.165) is 44.1 Å². The third kappa shape index (κ3) is 4.56. The summed E-state index contributed by atoms with van der Waals surface area (Å²) in [4.78, 5) is 25.2. The van der Waals surface area contributed by atoms with Gasteiger partial charge in [-0.05, 0) is 37.2 Å². The Morgan fingerprint density at radius 1 is 1.26 bits per heavy atom. The molecule has 3 N–H and O–H groups in total. The molecule has 2 rings (SSSR count). The van der Waals surface area contributed by atoms with E-state index in [2.05, 4.69) is 19.2 Å². The Kier molecular flexibility index (Phi) is 6.63. The van der Waals surface area contributed by atoms with Gasteiger partial charge in [0.15, 0.2) is 0 Å². The summed E-state index contributed by atoms with van der Waals surface area (Å²) in [6.07, 6.45) is 8.98. The van der Waals surface area contributed by atoms with Crippen molar-refractivity contribution in [2.24, 2.45) is 11.7 Å². The Bertz CT molecular complexity index is 566. The molecular weight excluding hydrogens is 308 g/mol. The molecule has 0 aromatic carbocycles. The quantitative estimate of drug-likeness (QED) is 0.696. The van der Waals surface area contributed by atoms with Crippen LogP contribution >= 0.6 is 11.3 Å². The molecule has 1 atom stereocenters. The molecule has 0 saturated heterocycles. The number of anilines is 1. The van der Waals surface area contributed by atoms with Crippen molar-refractivity contribution in [3.8, 4) is 0 Å². The summed E-state index contributed by atoms with van der Waals surface area (Å²) in [7, 11) is 0. The molecule has 5 heteroatoms. The minimum absolute atomic E-state index is 0.00958. The highest BCUT2D eigenvalue weighted by atomic mass is 32.1. The van der Waals surface area contributed by atoms with Gasteiger partial charge < -0.3 is 11.1 Å². The molecule has 2 amide bonds. The van der Waals surface area contributed by atoms with Gasteiger partial charge in [-0.15, -0.1) is 11.3 Å². The Morgan fingerprint density at radius 2 is 2.04 bits per heavy atom. The van der Waals surface area contributed by atoms with E-state index in [9.17, 15) is 9.59 Å². The van der Waals surface area contributed by atoms with E-state index >= 15 is 0 Å². The van der Waals surface area contributed by atoms with E-state index in [-0.39, 0.29) is 5.91 Å². The fraction of sp³-hybridized carbons (Fsp3) is 0.667. The number of unbranched alkanes of at least 4 members (excludes halogenated alkanes) is 2. The van der Waals surface area contributed by atoms with Crippen molar-refractivity contribution in [2.75, 3.05) is 5.32 Å². The highest BCUT2D eigenvalue weighted by molar-refractivity contribution is 7.17. The smallest absolute Gasteiger partial charge is 0.251 e. The number of nitrogens with two attached hydrogens (primary N) is 1. The SMILES string of the molecule is CCCCCC(=O)Nc1sc2c(c1C(N)=O)CCC(CCC)C2. The van der Waals surface area contributed by atoms with Gasteiger partial charge in [0.05, 0.1) is 5.56 Å². The molecule has 1 aromatic rings. The maximum atomic E-state index is 12.1. The fourth-order valence-corrected chi connectivity index (χ4v) is 4.77. The van der Waals surface area contributed by atoms with Gasteiger partial charge in [-0.2, -0.15) is 0 Å². The second-order valence-electron chi connectivity index (χ2n) is 6.47. The van der Waals surface area contributed by atoms with Crippen LogP contribution in [0.4, 0.5) is 5.00 Å². The van der Waals surface area contributed by atoms with Crippen molar-refractivity contribution >= 4 is 28.2 Å². The van der Waals surface area contributed by atoms with E-state index in [0.29, 0.717) is 22.9 Å². The van der Waals surface area contributed by atoms with Crippen molar-refractivity contribution in [1.29, 1.82) is 0 Å². The van der Waals surface area contributed by atoms with Gasteiger partial charge in [0.1, 0.15) is 5.00 Å². The number of amides is 2. The van der Waals surface area contributed by atoms with Crippen LogP contribution in [-0.4, -0.2) is 11.8 Å². The lowest BCUT2D eigenvalue weighted by atomic mass is 9.84. The van der Waals surface area contributed by atoms with Crippen LogP contribution in [0.15, 0.2) is 0 Å². The molecule has 0 radical (unpaired) electrons. The molecule has 1 unspecified atom stereocenters. The summed E-state index contributed by atoms with van der Waals surface area (Å²) in [5.41, 5.74) is 7.23. The minimum atomic E-state index is -0.416. The van der Waals surface area contributed by atoms with Crippen molar-refractivity contribution in [3.05, 3.63) is 16.0 Å². The molecule has 23 heavy (non-hydrogen) atoms. The first kappa shape index (κ1) is 18.0. The number of carbonyl (C=O) groups excluding carboxylic acids is 2. The monoisotopic (exact) mass is 336 g/mol. The average Bonchev–Trinajstić information content (AvgIpc) is 2.85. The molecule has 0 aliphatic heterocycles. The number of hydrogen-bond acceptors (Lipinski definition) is 3. The molecule has 0 saturated carbocycles. The van der Waals surface area contributed by atoms with Gasteiger partial charge in [0.2, 0.25) is 5.91 Å². The maximum Gasteiger partial charge on any atom is 0.251 e. The molecule has 128 valence electrons. The number of hydrogen-bond donors (Lipinski definition) is 2. The summed E-state index contributed by atoms with van der Waals surface area (Å²) in [5, 5.41) is 3.60. The zero-order valence-electron chi connectivity index (χ0n) is 14.2. The Morgan fingerprint density at radius 3 is 2.70 bits per heavy atom. The number of primary amides is 1. The predicted molar refractivity (Wildman–Crippen MR) is 96.0 cm³/mol.